The average Bonchev–Trinajstić information content (AvgIpc) is 2.64. The minimum atomic E-state index is -0.555. The van der Waals surface area contributed by atoms with Gasteiger partial charge >= 0.3 is 5.76 Å². The number of methoxy groups -OCH3 is 1. The molecule has 1 heterocycles. The van der Waals surface area contributed by atoms with Crippen molar-refractivity contribution >= 4 is 0 Å². The van der Waals surface area contributed by atoms with Gasteiger partial charge in [0.1, 0.15) is 5.75 Å². The van der Waals surface area contributed by atoms with Crippen LogP contribution in [-0.4, -0.2) is 17.3 Å². The van der Waals surface area contributed by atoms with E-state index in [-0.39, 0.29) is 0 Å². The number of hydrogen-bond acceptors (Lipinski definition) is 4. The molecule has 0 aliphatic carbocycles. The van der Waals surface area contributed by atoms with Crippen LogP contribution in [-0.2, 0) is 0 Å². The van der Waals surface area contributed by atoms with Crippen LogP contribution in [0, 0.1) is 6.92 Å². The number of rotatable bonds is 2. The van der Waals surface area contributed by atoms with Crippen molar-refractivity contribution in [1.29, 1.82) is 0 Å². The highest BCUT2D eigenvalue weighted by Gasteiger charge is 2.07. The van der Waals surface area contributed by atoms with Gasteiger partial charge in [0, 0.05) is 5.56 Å². The van der Waals surface area contributed by atoms with Gasteiger partial charge in [-0.3, -0.25) is 9.51 Å². The SMILES string of the molecule is COc1ccc(-c2noc(=O)[nH]2)c(C)c1. The molecular weight excluding hydrogens is 196 g/mol. The Morgan fingerprint density at radius 3 is 2.80 bits per heavy atom. The van der Waals surface area contributed by atoms with E-state index in [4.69, 9.17) is 4.74 Å². The summed E-state index contributed by atoms with van der Waals surface area (Å²) in [6.07, 6.45) is 0. The number of aromatic nitrogens is 2. The van der Waals surface area contributed by atoms with Gasteiger partial charge in [-0.15, -0.1) is 0 Å². The highest BCUT2D eigenvalue weighted by molar-refractivity contribution is 5.60. The van der Waals surface area contributed by atoms with Crippen LogP contribution in [0.2, 0.25) is 0 Å². The molecule has 0 atom stereocenters. The molecule has 15 heavy (non-hydrogen) atoms. The van der Waals surface area contributed by atoms with Gasteiger partial charge in [0.25, 0.3) is 0 Å². The quantitative estimate of drug-likeness (QED) is 0.805. The maximum absolute atomic E-state index is 10.8. The van der Waals surface area contributed by atoms with E-state index in [9.17, 15) is 4.79 Å². The summed E-state index contributed by atoms with van der Waals surface area (Å²) in [6.45, 7) is 1.91. The predicted octanol–water partition coefficient (Wildman–Crippen LogP) is 1.35. The normalized spacial score (nSPS) is 10.3. The van der Waals surface area contributed by atoms with Crippen LogP contribution in [0.1, 0.15) is 5.56 Å². The van der Waals surface area contributed by atoms with Crippen molar-refractivity contribution in [2.24, 2.45) is 0 Å². The summed E-state index contributed by atoms with van der Waals surface area (Å²) in [4.78, 5) is 13.3. The first kappa shape index (κ1) is 9.51. The third-order valence-electron chi connectivity index (χ3n) is 2.13. The number of nitrogens with zero attached hydrogens (tertiary/aromatic N) is 1. The second-order valence-electron chi connectivity index (χ2n) is 3.12. The summed E-state index contributed by atoms with van der Waals surface area (Å²) < 4.78 is 9.51. The third-order valence-corrected chi connectivity index (χ3v) is 2.13. The number of benzene rings is 1. The third kappa shape index (κ3) is 1.76. The summed E-state index contributed by atoms with van der Waals surface area (Å²) in [5.41, 5.74) is 1.78. The molecule has 0 unspecified atom stereocenters. The first-order valence-corrected chi connectivity index (χ1v) is 4.41. The standard InChI is InChI=1S/C10H10N2O3/c1-6-5-7(14-2)3-4-8(6)9-11-10(13)15-12-9/h3-5H,1-2H3,(H,11,12,13). The zero-order valence-corrected chi connectivity index (χ0v) is 8.40. The van der Waals surface area contributed by atoms with Gasteiger partial charge in [0.15, 0.2) is 5.82 Å². The van der Waals surface area contributed by atoms with Gasteiger partial charge in [-0.25, -0.2) is 4.79 Å². The van der Waals surface area contributed by atoms with E-state index < -0.39 is 5.76 Å². The van der Waals surface area contributed by atoms with E-state index in [1.165, 1.54) is 0 Å². The molecule has 0 bridgehead atoms. The topological polar surface area (TPSA) is 68.1 Å². The lowest BCUT2D eigenvalue weighted by Gasteiger charge is -2.04. The molecule has 5 heteroatoms. The molecule has 0 saturated carbocycles. The van der Waals surface area contributed by atoms with Crippen LogP contribution >= 0.6 is 0 Å². The van der Waals surface area contributed by atoms with Gasteiger partial charge in [-0.1, -0.05) is 5.16 Å². The van der Waals surface area contributed by atoms with E-state index in [1.54, 1.807) is 13.2 Å². The first-order chi connectivity index (χ1) is 7.20. The van der Waals surface area contributed by atoms with Gasteiger partial charge in [0.2, 0.25) is 0 Å². The van der Waals surface area contributed by atoms with Crippen molar-refractivity contribution < 1.29 is 9.26 Å². The second-order valence-corrected chi connectivity index (χ2v) is 3.12. The highest BCUT2D eigenvalue weighted by atomic mass is 16.5. The molecular formula is C10H10N2O3. The molecule has 0 aliphatic heterocycles. The number of H-pyrrole nitrogens is 1. The number of aromatic amines is 1. The minimum Gasteiger partial charge on any atom is -0.497 e. The van der Waals surface area contributed by atoms with Crippen LogP contribution in [0.5, 0.6) is 5.75 Å². The maximum atomic E-state index is 10.8. The molecule has 0 fully saturated rings. The van der Waals surface area contributed by atoms with Crippen LogP contribution in [0.25, 0.3) is 11.4 Å². The molecule has 0 aliphatic rings. The maximum Gasteiger partial charge on any atom is 0.439 e. The Labute approximate surface area is 85.7 Å². The highest BCUT2D eigenvalue weighted by Crippen LogP contribution is 2.23. The van der Waals surface area contributed by atoms with Crippen LogP contribution in [0.4, 0.5) is 0 Å². The minimum absolute atomic E-state index is 0.431. The van der Waals surface area contributed by atoms with Crippen molar-refractivity contribution in [3.63, 3.8) is 0 Å². The van der Waals surface area contributed by atoms with E-state index >= 15 is 0 Å². The predicted molar refractivity (Wildman–Crippen MR) is 53.8 cm³/mol. The first-order valence-electron chi connectivity index (χ1n) is 4.41. The summed E-state index contributed by atoms with van der Waals surface area (Å²) in [5.74, 6) is 0.641. The Hall–Kier alpha value is -2.04. The molecule has 1 N–H and O–H groups in total. The molecule has 5 nitrogen and oxygen atoms in total. The van der Waals surface area contributed by atoms with Gasteiger partial charge in [-0.05, 0) is 30.7 Å². The molecule has 0 amide bonds. The fraction of sp³-hybridized carbons (Fsp3) is 0.200. The Morgan fingerprint density at radius 2 is 2.27 bits per heavy atom. The zero-order valence-electron chi connectivity index (χ0n) is 8.40. The van der Waals surface area contributed by atoms with E-state index in [0.717, 1.165) is 16.9 Å². The van der Waals surface area contributed by atoms with Crippen molar-refractivity contribution in [2.45, 2.75) is 6.92 Å². The van der Waals surface area contributed by atoms with E-state index in [2.05, 4.69) is 14.7 Å². The summed E-state index contributed by atoms with van der Waals surface area (Å²) >= 11 is 0. The average molecular weight is 206 g/mol. The lowest BCUT2D eigenvalue weighted by molar-refractivity contribution is 0.388. The lowest BCUT2D eigenvalue weighted by Crippen LogP contribution is -1.95. The summed E-state index contributed by atoms with van der Waals surface area (Å²) in [5, 5.41) is 3.62. The van der Waals surface area contributed by atoms with Crippen molar-refractivity contribution in [1.82, 2.24) is 10.1 Å². The summed E-state index contributed by atoms with van der Waals surface area (Å²) in [7, 11) is 1.60. The monoisotopic (exact) mass is 206 g/mol. The molecule has 1 aromatic carbocycles. The fourth-order valence-corrected chi connectivity index (χ4v) is 1.37. The smallest absolute Gasteiger partial charge is 0.439 e. The molecule has 0 radical (unpaired) electrons. The molecule has 78 valence electrons. The molecule has 0 saturated heterocycles. The Morgan fingerprint density at radius 1 is 1.47 bits per heavy atom. The number of hydrogen-bond donors (Lipinski definition) is 1. The second kappa shape index (κ2) is 3.61. The number of aryl methyl sites for hydroxylation is 1. The van der Waals surface area contributed by atoms with Crippen LogP contribution < -0.4 is 10.5 Å². The Bertz CT molecular complexity index is 527. The largest absolute Gasteiger partial charge is 0.497 e. The number of ether oxygens (including phenoxy) is 1. The van der Waals surface area contributed by atoms with Crippen molar-refractivity contribution in [3.05, 3.63) is 34.3 Å². The van der Waals surface area contributed by atoms with Crippen LogP contribution in [0.15, 0.2) is 27.5 Å². The van der Waals surface area contributed by atoms with Gasteiger partial charge in [0.05, 0.1) is 7.11 Å². The molecule has 0 spiro atoms. The molecule has 1 aromatic heterocycles. The summed E-state index contributed by atoms with van der Waals surface area (Å²) in [6, 6.07) is 5.49. The number of nitrogens with one attached hydrogen (secondary N) is 1. The van der Waals surface area contributed by atoms with Gasteiger partial charge < -0.3 is 4.74 Å². The van der Waals surface area contributed by atoms with Gasteiger partial charge in [-0.2, -0.15) is 0 Å². The van der Waals surface area contributed by atoms with Crippen molar-refractivity contribution in [3.8, 4) is 17.1 Å². The molecule has 2 rings (SSSR count). The van der Waals surface area contributed by atoms with E-state index in [0.29, 0.717) is 5.82 Å². The van der Waals surface area contributed by atoms with Crippen LogP contribution in [0.3, 0.4) is 0 Å². The van der Waals surface area contributed by atoms with E-state index in [1.807, 2.05) is 19.1 Å². The Kier molecular flexibility index (Phi) is 2.29. The lowest BCUT2D eigenvalue weighted by atomic mass is 10.1. The molecule has 2 aromatic rings. The van der Waals surface area contributed by atoms with Crippen molar-refractivity contribution in [2.75, 3.05) is 7.11 Å². The fourth-order valence-electron chi connectivity index (χ4n) is 1.37. The Balaban J connectivity index is 2.49. The zero-order chi connectivity index (χ0) is 10.8.